The molecule has 2 aliphatic rings. The van der Waals surface area contributed by atoms with Crippen molar-refractivity contribution in [1.29, 1.82) is 0 Å². The number of carboxylic acid groups (broad SMARTS) is 1. The van der Waals surface area contributed by atoms with Gasteiger partial charge in [0.25, 0.3) is 0 Å². The summed E-state index contributed by atoms with van der Waals surface area (Å²) in [5, 5.41) is 8.84. The molecule has 12 heavy (non-hydrogen) atoms. The Morgan fingerprint density at radius 2 is 2.00 bits per heavy atom. The Balaban J connectivity index is 2.36. The van der Waals surface area contributed by atoms with E-state index in [1.54, 1.807) is 6.08 Å². The third-order valence-electron chi connectivity index (χ3n) is 2.99. The summed E-state index contributed by atoms with van der Waals surface area (Å²) >= 11 is 0. The van der Waals surface area contributed by atoms with Crippen molar-refractivity contribution in [3.05, 3.63) is 12.2 Å². The van der Waals surface area contributed by atoms with Gasteiger partial charge in [0.1, 0.15) is 5.78 Å². The molecule has 0 spiro atoms. The number of hydrogen-bond acceptors (Lipinski definition) is 2. The first-order valence-electron chi connectivity index (χ1n) is 4.08. The third kappa shape index (κ3) is 0.709. The molecule has 0 amide bonds. The minimum Gasteiger partial charge on any atom is -0.481 e. The summed E-state index contributed by atoms with van der Waals surface area (Å²) in [4.78, 5) is 22.1. The lowest BCUT2D eigenvalue weighted by Crippen LogP contribution is -2.25. The van der Waals surface area contributed by atoms with Gasteiger partial charge in [-0.25, -0.2) is 0 Å². The molecule has 0 heterocycles. The van der Waals surface area contributed by atoms with Crippen molar-refractivity contribution in [2.45, 2.75) is 6.92 Å². The van der Waals surface area contributed by atoms with Crippen LogP contribution in [0.25, 0.3) is 0 Å². The number of carbonyl (C=O) groups is 2. The first kappa shape index (κ1) is 7.53. The van der Waals surface area contributed by atoms with Gasteiger partial charge in [0, 0.05) is 11.8 Å². The number of carbonyl (C=O) groups excluding carboxylic acids is 1. The average molecular weight is 166 g/mol. The van der Waals surface area contributed by atoms with Gasteiger partial charge in [0.05, 0.1) is 5.92 Å². The second kappa shape index (κ2) is 2.19. The summed E-state index contributed by atoms with van der Waals surface area (Å²) < 4.78 is 0. The van der Waals surface area contributed by atoms with E-state index in [-0.39, 0.29) is 23.5 Å². The molecule has 1 fully saturated rings. The van der Waals surface area contributed by atoms with Crippen LogP contribution in [0.5, 0.6) is 0 Å². The standard InChI is InChI=1S/C9H10O3/c1-4-5-2-3-6(8(5)10)7(4)9(11)12/h2-7H,1H3,(H,11,12)/t4-,5-,6+,7+/m1/s1. The number of fused-ring (bicyclic) bond motifs is 2. The fourth-order valence-electron chi connectivity index (χ4n) is 2.31. The van der Waals surface area contributed by atoms with Gasteiger partial charge in [-0.1, -0.05) is 19.1 Å². The van der Waals surface area contributed by atoms with Crippen LogP contribution in [0.3, 0.4) is 0 Å². The van der Waals surface area contributed by atoms with Crippen molar-refractivity contribution in [2.75, 3.05) is 0 Å². The number of aliphatic carboxylic acids is 1. The monoisotopic (exact) mass is 166 g/mol. The normalized spacial score (nSPS) is 43.9. The fourth-order valence-corrected chi connectivity index (χ4v) is 2.31. The van der Waals surface area contributed by atoms with Crippen molar-refractivity contribution in [3.8, 4) is 0 Å². The van der Waals surface area contributed by atoms with Crippen molar-refractivity contribution < 1.29 is 14.7 Å². The highest BCUT2D eigenvalue weighted by Gasteiger charge is 2.52. The Labute approximate surface area is 70.1 Å². The van der Waals surface area contributed by atoms with Gasteiger partial charge in [-0.05, 0) is 5.92 Å². The number of allylic oxidation sites excluding steroid dienone is 2. The molecule has 4 atom stereocenters. The molecule has 3 heteroatoms. The highest BCUT2D eigenvalue weighted by molar-refractivity contribution is 5.96. The topological polar surface area (TPSA) is 54.4 Å². The molecule has 1 N–H and O–H groups in total. The summed E-state index contributed by atoms with van der Waals surface area (Å²) in [5.74, 6) is -1.72. The van der Waals surface area contributed by atoms with Crippen LogP contribution < -0.4 is 0 Å². The van der Waals surface area contributed by atoms with E-state index in [1.807, 2.05) is 13.0 Å². The minimum absolute atomic E-state index is 0.0231. The lowest BCUT2D eigenvalue weighted by molar-refractivity contribution is -0.144. The van der Waals surface area contributed by atoms with Gasteiger partial charge in [-0.2, -0.15) is 0 Å². The molecule has 2 rings (SSSR count). The highest BCUT2D eigenvalue weighted by Crippen LogP contribution is 2.44. The molecule has 3 nitrogen and oxygen atoms in total. The largest absolute Gasteiger partial charge is 0.481 e. The molecule has 0 aliphatic heterocycles. The van der Waals surface area contributed by atoms with Crippen LogP contribution >= 0.6 is 0 Å². The molecular formula is C9H10O3. The zero-order valence-corrected chi connectivity index (χ0v) is 6.73. The smallest absolute Gasteiger partial charge is 0.307 e. The van der Waals surface area contributed by atoms with E-state index in [1.165, 1.54) is 0 Å². The van der Waals surface area contributed by atoms with Gasteiger partial charge >= 0.3 is 5.97 Å². The Hall–Kier alpha value is -1.12. The molecule has 0 saturated heterocycles. The van der Waals surface area contributed by atoms with Crippen LogP contribution in [-0.2, 0) is 9.59 Å². The zero-order valence-electron chi connectivity index (χ0n) is 6.73. The van der Waals surface area contributed by atoms with E-state index in [4.69, 9.17) is 5.11 Å². The van der Waals surface area contributed by atoms with Crippen molar-refractivity contribution in [3.63, 3.8) is 0 Å². The summed E-state index contributed by atoms with van der Waals surface area (Å²) in [7, 11) is 0. The van der Waals surface area contributed by atoms with E-state index in [0.717, 1.165) is 0 Å². The number of hydrogen-bond donors (Lipinski definition) is 1. The van der Waals surface area contributed by atoms with Crippen LogP contribution in [-0.4, -0.2) is 16.9 Å². The van der Waals surface area contributed by atoms with Gasteiger partial charge in [-0.3, -0.25) is 9.59 Å². The number of ketones is 1. The Morgan fingerprint density at radius 1 is 1.42 bits per heavy atom. The summed E-state index contributed by atoms with van der Waals surface area (Å²) in [6, 6.07) is 0. The Kier molecular flexibility index (Phi) is 1.37. The molecule has 1 saturated carbocycles. The van der Waals surface area contributed by atoms with E-state index >= 15 is 0 Å². The second-order valence-electron chi connectivity index (χ2n) is 3.56. The maximum absolute atomic E-state index is 11.4. The molecule has 2 aliphatic carbocycles. The van der Waals surface area contributed by atoms with Crippen LogP contribution in [0, 0.1) is 23.7 Å². The summed E-state index contributed by atoms with van der Waals surface area (Å²) in [6.45, 7) is 1.84. The fraction of sp³-hybridized carbons (Fsp3) is 0.556. The molecule has 2 bridgehead atoms. The van der Waals surface area contributed by atoms with E-state index in [9.17, 15) is 9.59 Å². The van der Waals surface area contributed by atoms with Gasteiger partial charge in [0.15, 0.2) is 0 Å². The predicted molar refractivity (Wildman–Crippen MR) is 41.4 cm³/mol. The van der Waals surface area contributed by atoms with E-state index in [0.29, 0.717) is 0 Å². The van der Waals surface area contributed by atoms with Gasteiger partial charge < -0.3 is 5.11 Å². The van der Waals surface area contributed by atoms with Crippen LogP contribution in [0.2, 0.25) is 0 Å². The maximum atomic E-state index is 11.4. The van der Waals surface area contributed by atoms with Crippen LogP contribution in [0.1, 0.15) is 6.92 Å². The highest BCUT2D eigenvalue weighted by atomic mass is 16.4. The van der Waals surface area contributed by atoms with Crippen molar-refractivity contribution in [1.82, 2.24) is 0 Å². The van der Waals surface area contributed by atoms with Crippen molar-refractivity contribution >= 4 is 11.8 Å². The second-order valence-corrected chi connectivity index (χ2v) is 3.56. The number of Topliss-reactive ketones (excluding diaryl/α,β-unsaturated/α-hetero) is 1. The minimum atomic E-state index is -0.840. The van der Waals surface area contributed by atoms with Crippen LogP contribution in [0.4, 0.5) is 0 Å². The molecule has 0 radical (unpaired) electrons. The van der Waals surface area contributed by atoms with E-state index in [2.05, 4.69) is 0 Å². The first-order valence-corrected chi connectivity index (χ1v) is 4.08. The average Bonchev–Trinajstić information content (AvgIpc) is 2.43. The molecule has 0 aromatic rings. The van der Waals surface area contributed by atoms with E-state index < -0.39 is 11.9 Å². The Morgan fingerprint density at radius 3 is 2.33 bits per heavy atom. The molecular weight excluding hydrogens is 156 g/mol. The number of carboxylic acids is 1. The molecule has 64 valence electrons. The SMILES string of the molecule is C[C@H]1[C@H](C(=O)O)[C@@H]2C=C[C@H]1C2=O. The molecule has 0 aromatic heterocycles. The predicted octanol–water partition coefficient (Wildman–Crippen LogP) is 0.708. The lowest BCUT2D eigenvalue weighted by atomic mass is 9.85. The maximum Gasteiger partial charge on any atom is 0.307 e. The lowest BCUT2D eigenvalue weighted by Gasteiger charge is -2.18. The van der Waals surface area contributed by atoms with Gasteiger partial charge in [-0.15, -0.1) is 0 Å². The summed E-state index contributed by atoms with van der Waals surface area (Å²) in [5.41, 5.74) is 0. The van der Waals surface area contributed by atoms with Crippen LogP contribution in [0.15, 0.2) is 12.2 Å². The quantitative estimate of drug-likeness (QED) is 0.583. The van der Waals surface area contributed by atoms with Gasteiger partial charge in [0.2, 0.25) is 0 Å². The Bertz CT molecular complexity index is 279. The van der Waals surface area contributed by atoms with Crippen molar-refractivity contribution in [2.24, 2.45) is 23.7 Å². The third-order valence-corrected chi connectivity index (χ3v) is 2.99. The molecule has 0 unspecified atom stereocenters. The number of rotatable bonds is 1. The summed E-state index contributed by atoms with van der Waals surface area (Å²) in [6.07, 6.45) is 3.59. The first-order chi connectivity index (χ1) is 5.63. The zero-order chi connectivity index (χ0) is 8.88. The molecule has 0 aromatic carbocycles.